The molecule has 3 heterocycles. The van der Waals surface area contributed by atoms with Gasteiger partial charge in [-0.15, -0.1) is 11.3 Å². The van der Waals surface area contributed by atoms with Crippen LogP contribution in [0.15, 0.2) is 44.9 Å². The largest absolute Gasteiger partial charge is 0.451 e. The van der Waals surface area contributed by atoms with Gasteiger partial charge in [0.15, 0.2) is 11.2 Å². The summed E-state index contributed by atoms with van der Waals surface area (Å²) in [4.78, 5) is 29.0. The summed E-state index contributed by atoms with van der Waals surface area (Å²) < 4.78 is 5.75. The van der Waals surface area contributed by atoms with Crippen LogP contribution >= 0.6 is 22.9 Å². The lowest BCUT2D eigenvalue weighted by Gasteiger charge is -2.30. The minimum Gasteiger partial charge on any atom is -0.451 e. The fourth-order valence-electron chi connectivity index (χ4n) is 3.96. The third-order valence-electron chi connectivity index (χ3n) is 5.64. The van der Waals surface area contributed by atoms with Crippen molar-refractivity contribution in [3.8, 4) is 0 Å². The van der Waals surface area contributed by atoms with E-state index in [2.05, 4.69) is 21.7 Å². The number of likely N-dealkylation sites (tertiary alicyclic amines) is 1. The standard InChI is InChI=1S/C23H25ClN2O3S/c1-15-11-20-16(12-17(15)24)19(27)13-21(29-20)23(28)25-14-18(22-7-6-10-30-22)26-8-4-2-3-5-9-26/h6-7,10-13,18H,2-5,8-9,14H2,1H3,(H,25,28)/t18-/m1/s1. The van der Waals surface area contributed by atoms with E-state index < -0.39 is 0 Å². The predicted octanol–water partition coefficient (Wildman–Crippen LogP) is 5.16. The zero-order valence-electron chi connectivity index (χ0n) is 16.9. The van der Waals surface area contributed by atoms with Gasteiger partial charge in [-0.2, -0.15) is 0 Å². The van der Waals surface area contributed by atoms with E-state index in [-0.39, 0.29) is 23.1 Å². The molecule has 0 aliphatic carbocycles. The maximum atomic E-state index is 12.8. The lowest BCUT2D eigenvalue weighted by molar-refractivity contribution is 0.0907. The number of carbonyl (C=O) groups excluding carboxylic acids is 1. The molecule has 5 nitrogen and oxygen atoms in total. The normalized spacial score (nSPS) is 16.3. The molecule has 1 atom stereocenters. The van der Waals surface area contributed by atoms with E-state index in [0.29, 0.717) is 22.5 Å². The smallest absolute Gasteiger partial charge is 0.287 e. The Kier molecular flexibility index (Phi) is 6.56. The average Bonchev–Trinajstić information content (AvgIpc) is 3.12. The maximum absolute atomic E-state index is 12.8. The fourth-order valence-corrected chi connectivity index (χ4v) is 4.99. The van der Waals surface area contributed by atoms with Crippen LogP contribution in [0.1, 0.15) is 52.7 Å². The van der Waals surface area contributed by atoms with E-state index in [1.165, 1.54) is 36.6 Å². The van der Waals surface area contributed by atoms with Gasteiger partial charge >= 0.3 is 0 Å². The summed E-state index contributed by atoms with van der Waals surface area (Å²) in [6, 6.07) is 8.82. The van der Waals surface area contributed by atoms with Crippen LogP contribution in [-0.2, 0) is 0 Å². The Morgan fingerprint density at radius 1 is 1.23 bits per heavy atom. The van der Waals surface area contributed by atoms with Gasteiger partial charge < -0.3 is 9.73 Å². The summed E-state index contributed by atoms with van der Waals surface area (Å²) in [5, 5.41) is 5.94. The van der Waals surface area contributed by atoms with Crippen LogP contribution in [-0.4, -0.2) is 30.4 Å². The van der Waals surface area contributed by atoms with Crippen molar-refractivity contribution in [2.75, 3.05) is 19.6 Å². The Morgan fingerprint density at radius 3 is 2.70 bits per heavy atom. The van der Waals surface area contributed by atoms with Crippen molar-refractivity contribution in [3.05, 3.63) is 67.2 Å². The quantitative estimate of drug-likeness (QED) is 0.590. The molecule has 0 unspecified atom stereocenters. The van der Waals surface area contributed by atoms with Crippen LogP contribution in [0.25, 0.3) is 11.0 Å². The molecular weight excluding hydrogens is 420 g/mol. The molecule has 4 rings (SSSR count). The highest BCUT2D eigenvalue weighted by atomic mass is 35.5. The van der Waals surface area contributed by atoms with Gasteiger partial charge in [-0.1, -0.05) is 30.5 Å². The highest BCUT2D eigenvalue weighted by Gasteiger charge is 2.24. The van der Waals surface area contributed by atoms with Gasteiger partial charge in [-0.3, -0.25) is 14.5 Å². The van der Waals surface area contributed by atoms with Crippen LogP contribution in [0.4, 0.5) is 0 Å². The topological polar surface area (TPSA) is 62.6 Å². The second-order valence-electron chi connectivity index (χ2n) is 7.76. The first-order valence-corrected chi connectivity index (χ1v) is 11.6. The van der Waals surface area contributed by atoms with Gasteiger partial charge in [0, 0.05) is 22.5 Å². The van der Waals surface area contributed by atoms with E-state index in [1.54, 1.807) is 23.5 Å². The van der Waals surface area contributed by atoms with Gasteiger partial charge in [0.25, 0.3) is 5.91 Å². The number of rotatable bonds is 5. The molecule has 7 heteroatoms. The lowest BCUT2D eigenvalue weighted by Crippen LogP contribution is -2.38. The number of carbonyl (C=O) groups is 1. The Bertz CT molecular complexity index is 1090. The van der Waals surface area contributed by atoms with E-state index >= 15 is 0 Å². The summed E-state index contributed by atoms with van der Waals surface area (Å²) in [5.74, 6) is -0.354. The number of nitrogens with one attached hydrogen (secondary N) is 1. The first-order chi connectivity index (χ1) is 14.5. The van der Waals surface area contributed by atoms with Crippen molar-refractivity contribution in [1.82, 2.24) is 10.2 Å². The third-order valence-corrected chi connectivity index (χ3v) is 7.02. The van der Waals surface area contributed by atoms with Crippen LogP contribution in [0.2, 0.25) is 5.02 Å². The van der Waals surface area contributed by atoms with Gasteiger partial charge in [-0.25, -0.2) is 0 Å². The molecule has 3 aromatic rings. The Balaban J connectivity index is 1.54. The first kappa shape index (κ1) is 21.1. The molecule has 0 spiro atoms. The molecule has 30 heavy (non-hydrogen) atoms. The zero-order chi connectivity index (χ0) is 21.1. The maximum Gasteiger partial charge on any atom is 0.287 e. The number of halogens is 1. The molecule has 158 valence electrons. The third kappa shape index (κ3) is 4.61. The van der Waals surface area contributed by atoms with Crippen molar-refractivity contribution in [1.29, 1.82) is 0 Å². The molecule has 1 fully saturated rings. The average molecular weight is 445 g/mol. The highest BCUT2D eigenvalue weighted by Crippen LogP contribution is 2.27. The van der Waals surface area contributed by atoms with Gasteiger partial charge in [-0.05, 0) is 62.0 Å². The van der Waals surface area contributed by atoms with Gasteiger partial charge in [0.1, 0.15) is 5.58 Å². The second-order valence-corrected chi connectivity index (χ2v) is 9.15. The van der Waals surface area contributed by atoms with Gasteiger partial charge in [0.05, 0.1) is 11.4 Å². The molecular formula is C23H25ClN2O3S. The molecule has 1 aromatic carbocycles. The predicted molar refractivity (Wildman–Crippen MR) is 122 cm³/mol. The SMILES string of the molecule is Cc1cc2oc(C(=O)NC[C@H](c3cccs3)N3CCCCCC3)cc(=O)c2cc1Cl. The number of nitrogens with zero attached hydrogens (tertiary/aromatic N) is 1. The molecule has 0 bridgehead atoms. The number of aryl methyl sites for hydroxylation is 1. The molecule has 1 aliphatic rings. The number of thiophene rings is 1. The molecule has 2 aromatic heterocycles. The minimum absolute atomic E-state index is 0.0232. The number of hydrogen-bond acceptors (Lipinski definition) is 5. The molecule has 1 saturated heterocycles. The lowest BCUT2D eigenvalue weighted by atomic mass is 10.1. The van der Waals surface area contributed by atoms with Crippen molar-refractivity contribution in [2.24, 2.45) is 0 Å². The summed E-state index contributed by atoms with van der Waals surface area (Å²) >= 11 is 7.82. The van der Waals surface area contributed by atoms with Crippen LogP contribution in [0, 0.1) is 6.92 Å². The monoisotopic (exact) mass is 444 g/mol. The molecule has 0 radical (unpaired) electrons. The fraction of sp³-hybridized carbons (Fsp3) is 0.391. The van der Waals surface area contributed by atoms with E-state index in [4.69, 9.17) is 16.0 Å². The van der Waals surface area contributed by atoms with Crippen LogP contribution < -0.4 is 10.7 Å². The van der Waals surface area contributed by atoms with E-state index in [9.17, 15) is 9.59 Å². The van der Waals surface area contributed by atoms with Crippen molar-refractivity contribution >= 4 is 39.8 Å². The Labute approximate surface area is 184 Å². The molecule has 1 aliphatic heterocycles. The van der Waals surface area contributed by atoms with E-state index in [1.807, 2.05) is 13.0 Å². The Hall–Kier alpha value is -2.15. The van der Waals surface area contributed by atoms with Crippen molar-refractivity contribution in [2.45, 2.75) is 38.6 Å². The number of benzene rings is 1. The van der Waals surface area contributed by atoms with E-state index in [0.717, 1.165) is 18.7 Å². The van der Waals surface area contributed by atoms with Gasteiger partial charge in [0.2, 0.25) is 0 Å². The molecule has 0 saturated carbocycles. The second kappa shape index (κ2) is 9.33. The van der Waals surface area contributed by atoms with Crippen molar-refractivity contribution < 1.29 is 9.21 Å². The van der Waals surface area contributed by atoms with Crippen LogP contribution in [0.3, 0.4) is 0 Å². The number of fused-ring (bicyclic) bond motifs is 1. The molecule has 1 amide bonds. The zero-order valence-corrected chi connectivity index (χ0v) is 18.5. The summed E-state index contributed by atoms with van der Waals surface area (Å²) in [7, 11) is 0. The number of amides is 1. The highest BCUT2D eigenvalue weighted by molar-refractivity contribution is 7.10. The summed E-state index contributed by atoms with van der Waals surface area (Å²) in [6.07, 6.45) is 4.87. The first-order valence-electron chi connectivity index (χ1n) is 10.3. The molecule has 1 N–H and O–H groups in total. The summed E-state index contributed by atoms with van der Waals surface area (Å²) in [5.41, 5.74) is 0.895. The van der Waals surface area contributed by atoms with Crippen molar-refractivity contribution in [3.63, 3.8) is 0 Å². The number of hydrogen-bond donors (Lipinski definition) is 1. The minimum atomic E-state index is -0.377. The summed E-state index contributed by atoms with van der Waals surface area (Å²) in [6.45, 7) is 4.37. The van der Waals surface area contributed by atoms with Crippen LogP contribution in [0.5, 0.6) is 0 Å². The Morgan fingerprint density at radius 2 is 2.00 bits per heavy atom.